The van der Waals surface area contributed by atoms with Crippen molar-refractivity contribution in [2.45, 2.75) is 20.4 Å². The van der Waals surface area contributed by atoms with Crippen LogP contribution in [0.5, 0.6) is 5.75 Å². The lowest BCUT2D eigenvalue weighted by atomic mass is 10.0. The van der Waals surface area contributed by atoms with E-state index in [1.165, 1.54) is 0 Å². The summed E-state index contributed by atoms with van der Waals surface area (Å²) < 4.78 is 5.35. The third-order valence-corrected chi connectivity index (χ3v) is 2.78. The Bertz CT molecular complexity index is 353. The zero-order valence-electron chi connectivity index (χ0n) is 9.48. The molecule has 3 nitrogen and oxygen atoms in total. The minimum absolute atomic E-state index is 0.576. The van der Waals surface area contributed by atoms with Gasteiger partial charge in [0.25, 0.3) is 0 Å². The number of ether oxygens (including phenoxy) is 1. The summed E-state index contributed by atoms with van der Waals surface area (Å²) in [6.07, 6.45) is 0. The number of rotatable bonds is 4. The van der Waals surface area contributed by atoms with Crippen LogP contribution >= 0.6 is 11.6 Å². The molecule has 15 heavy (non-hydrogen) atoms. The van der Waals surface area contributed by atoms with E-state index < -0.39 is 0 Å². The molecule has 0 saturated heterocycles. The lowest BCUT2D eigenvalue weighted by molar-refractivity contribution is 0.0860. The quantitative estimate of drug-likeness (QED) is 0.806. The summed E-state index contributed by atoms with van der Waals surface area (Å²) >= 11 is 6.10. The molecule has 4 heteroatoms. The molecule has 0 aliphatic heterocycles. The van der Waals surface area contributed by atoms with Crippen LogP contribution in [-0.2, 0) is 11.4 Å². The molecule has 0 saturated carbocycles. The lowest BCUT2D eigenvalue weighted by Gasteiger charge is -2.15. The fraction of sp³-hybridized carbons (Fsp3) is 0.455. The van der Waals surface area contributed by atoms with Crippen molar-refractivity contribution >= 4 is 11.6 Å². The van der Waals surface area contributed by atoms with Gasteiger partial charge in [-0.3, -0.25) is 0 Å². The monoisotopic (exact) mass is 229 g/mol. The molecule has 0 fully saturated rings. The second-order valence-electron chi connectivity index (χ2n) is 3.34. The smallest absolute Gasteiger partial charge is 0.126 e. The number of hydrogen-bond acceptors (Lipinski definition) is 3. The Morgan fingerprint density at radius 1 is 1.33 bits per heavy atom. The van der Waals surface area contributed by atoms with E-state index in [2.05, 4.69) is 5.48 Å². The number of methoxy groups -OCH3 is 1. The summed E-state index contributed by atoms with van der Waals surface area (Å²) in [4.78, 5) is 4.83. The van der Waals surface area contributed by atoms with Crippen LogP contribution in [0.2, 0.25) is 5.02 Å². The summed E-state index contributed by atoms with van der Waals surface area (Å²) in [6.45, 7) is 4.52. The largest absolute Gasteiger partial charge is 0.496 e. The summed E-state index contributed by atoms with van der Waals surface area (Å²) in [5.74, 6) is 0.862. The van der Waals surface area contributed by atoms with Gasteiger partial charge in [-0.2, -0.15) is 5.48 Å². The Kier molecular flexibility index (Phi) is 4.39. The van der Waals surface area contributed by atoms with Crippen LogP contribution in [0, 0.1) is 13.8 Å². The third-order valence-electron chi connectivity index (χ3n) is 2.38. The van der Waals surface area contributed by atoms with Gasteiger partial charge in [0.05, 0.1) is 14.2 Å². The normalized spacial score (nSPS) is 10.5. The Hall–Kier alpha value is -0.770. The van der Waals surface area contributed by atoms with Gasteiger partial charge < -0.3 is 9.57 Å². The van der Waals surface area contributed by atoms with Crippen molar-refractivity contribution in [1.29, 1.82) is 0 Å². The second-order valence-corrected chi connectivity index (χ2v) is 3.74. The first-order chi connectivity index (χ1) is 7.11. The van der Waals surface area contributed by atoms with Gasteiger partial charge in [-0.15, -0.1) is 0 Å². The van der Waals surface area contributed by atoms with Crippen LogP contribution in [0.1, 0.15) is 16.7 Å². The van der Waals surface area contributed by atoms with Crippen LogP contribution in [0.4, 0.5) is 0 Å². The van der Waals surface area contributed by atoms with Crippen LogP contribution in [0.15, 0.2) is 6.07 Å². The zero-order chi connectivity index (χ0) is 11.4. The molecule has 0 spiro atoms. The van der Waals surface area contributed by atoms with Gasteiger partial charge in [0.1, 0.15) is 5.75 Å². The fourth-order valence-electron chi connectivity index (χ4n) is 1.56. The first-order valence-electron chi connectivity index (χ1n) is 4.70. The highest BCUT2D eigenvalue weighted by atomic mass is 35.5. The van der Waals surface area contributed by atoms with E-state index in [9.17, 15) is 0 Å². The lowest BCUT2D eigenvalue weighted by Crippen LogP contribution is -2.13. The number of benzene rings is 1. The maximum atomic E-state index is 6.10. The minimum atomic E-state index is 0.576. The van der Waals surface area contributed by atoms with Gasteiger partial charge in [0.15, 0.2) is 0 Å². The first kappa shape index (κ1) is 12.3. The van der Waals surface area contributed by atoms with Gasteiger partial charge >= 0.3 is 0 Å². The summed E-state index contributed by atoms with van der Waals surface area (Å²) in [5.41, 5.74) is 5.87. The highest BCUT2D eigenvalue weighted by Crippen LogP contribution is 2.31. The molecule has 0 amide bonds. The SMILES string of the molecule is CONCc1c(C)c(Cl)cc(C)c1OC. The van der Waals surface area contributed by atoms with E-state index >= 15 is 0 Å². The van der Waals surface area contributed by atoms with Gasteiger partial charge in [0, 0.05) is 17.1 Å². The Morgan fingerprint density at radius 3 is 2.53 bits per heavy atom. The number of hydroxylamine groups is 1. The molecular formula is C11H16ClNO2. The minimum Gasteiger partial charge on any atom is -0.496 e. The molecule has 84 valence electrons. The van der Waals surface area contributed by atoms with Gasteiger partial charge in [-0.1, -0.05) is 11.6 Å². The van der Waals surface area contributed by atoms with Gasteiger partial charge in [-0.25, -0.2) is 0 Å². The van der Waals surface area contributed by atoms with Crippen molar-refractivity contribution in [2.24, 2.45) is 0 Å². The Morgan fingerprint density at radius 2 is 2.00 bits per heavy atom. The maximum Gasteiger partial charge on any atom is 0.126 e. The summed E-state index contributed by atoms with van der Waals surface area (Å²) in [6, 6.07) is 1.91. The highest BCUT2D eigenvalue weighted by molar-refractivity contribution is 6.31. The highest BCUT2D eigenvalue weighted by Gasteiger charge is 2.12. The molecule has 0 atom stereocenters. The number of aryl methyl sites for hydroxylation is 1. The zero-order valence-corrected chi connectivity index (χ0v) is 10.2. The van der Waals surface area contributed by atoms with E-state index in [0.29, 0.717) is 6.54 Å². The van der Waals surface area contributed by atoms with E-state index in [-0.39, 0.29) is 0 Å². The molecule has 1 N–H and O–H groups in total. The topological polar surface area (TPSA) is 30.5 Å². The fourth-order valence-corrected chi connectivity index (χ4v) is 1.84. The third kappa shape index (κ3) is 2.62. The molecule has 1 rings (SSSR count). The summed E-state index contributed by atoms with van der Waals surface area (Å²) in [5, 5.41) is 0.751. The standard InChI is InChI=1S/C11H16ClNO2/c1-7-5-10(12)8(2)9(6-13-15-4)11(7)14-3/h5,13H,6H2,1-4H3. The van der Waals surface area contributed by atoms with Gasteiger partial charge in [-0.05, 0) is 31.0 Å². The maximum absolute atomic E-state index is 6.10. The van der Waals surface area contributed by atoms with Crippen molar-refractivity contribution in [3.8, 4) is 5.75 Å². The second kappa shape index (κ2) is 5.35. The van der Waals surface area contributed by atoms with Gasteiger partial charge in [0.2, 0.25) is 0 Å². The molecular weight excluding hydrogens is 214 g/mol. The van der Waals surface area contributed by atoms with Crippen LogP contribution in [0.3, 0.4) is 0 Å². The Labute approximate surface area is 95.3 Å². The average molecular weight is 230 g/mol. The predicted octanol–water partition coefficient (Wildman–Crippen LogP) is 2.62. The molecule has 0 radical (unpaired) electrons. The average Bonchev–Trinajstić information content (AvgIpc) is 2.21. The van der Waals surface area contributed by atoms with Crippen molar-refractivity contribution < 1.29 is 9.57 Å². The van der Waals surface area contributed by atoms with E-state index in [1.54, 1.807) is 14.2 Å². The molecule has 0 aliphatic rings. The van der Waals surface area contributed by atoms with Crippen molar-refractivity contribution in [1.82, 2.24) is 5.48 Å². The van der Waals surface area contributed by atoms with Crippen LogP contribution in [-0.4, -0.2) is 14.2 Å². The molecule has 0 bridgehead atoms. The van der Waals surface area contributed by atoms with E-state index in [4.69, 9.17) is 21.2 Å². The van der Waals surface area contributed by atoms with Crippen molar-refractivity contribution in [2.75, 3.05) is 14.2 Å². The van der Waals surface area contributed by atoms with E-state index in [1.807, 2.05) is 19.9 Å². The van der Waals surface area contributed by atoms with Crippen molar-refractivity contribution in [3.63, 3.8) is 0 Å². The molecule has 0 heterocycles. The number of hydrogen-bond donors (Lipinski definition) is 1. The Balaban J connectivity index is 3.18. The number of halogens is 1. The van der Waals surface area contributed by atoms with Crippen molar-refractivity contribution in [3.05, 3.63) is 27.8 Å². The van der Waals surface area contributed by atoms with Crippen LogP contribution < -0.4 is 10.2 Å². The molecule has 0 unspecified atom stereocenters. The molecule has 1 aromatic carbocycles. The molecule has 1 aromatic rings. The number of nitrogens with one attached hydrogen (secondary N) is 1. The molecule has 0 aliphatic carbocycles. The predicted molar refractivity (Wildman–Crippen MR) is 61.3 cm³/mol. The first-order valence-corrected chi connectivity index (χ1v) is 5.08. The van der Waals surface area contributed by atoms with Crippen LogP contribution in [0.25, 0.3) is 0 Å². The molecule has 0 aromatic heterocycles. The van der Waals surface area contributed by atoms with E-state index in [0.717, 1.165) is 27.5 Å². The summed E-state index contributed by atoms with van der Waals surface area (Å²) in [7, 11) is 3.24.